The van der Waals surface area contributed by atoms with Crippen molar-refractivity contribution in [3.05, 3.63) is 60.6 Å². The summed E-state index contributed by atoms with van der Waals surface area (Å²) in [5.41, 5.74) is 7.08. The first kappa shape index (κ1) is 18.1. The van der Waals surface area contributed by atoms with Crippen molar-refractivity contribution in [2.75, 3.05) is 0 Å². The van der Waals surface area contributed by atoms with Gasteiger partial charge in [-0.2, -0.15) is 0 Å². The minimum Gasteiger partial charge on any atom is -0.461 e. The summed E-state index contributed by atoms with van der Waals surface area (Å²) in [5, 5.41) is 13.2. The molecule has 0 bridgehead atoms. The third-order valence-electron chi connectivity index (χ3n) is 4.01. The molecular weight excluding hydrogens is 378 g/mol. The summed E-state index contributed by atoms with van der Waals surface area (Å²) in [5.74, 6) is 1.98. The lowest BCUT2D eigenvalue weighted by Crippen LogP contribution is -2.15. The Hall–Kier alpha value is -3.33. The van der Waals surface area contributed by atoms with Gasteiger partial charge in [-0.3, -0.25) is 9.36 Å². The number of hydrogen-bond acceptors (Lipinski definition) is 7. The summed E-state index contributed by atoms with van der Waals surface area (Å²) in [4.78, 5) is 11.2. The first-order valence-corrected chi connectivity index (χ1v) is 9.58. The first-order chi connectivity index (χ1) is 13.7. The van der Waals surface area contributed by atoms with Crippen molar-refractivity contribution < 1.29 is 13.7 Å². The molecule has 1 aromatic carbocycles. The van der Waals surface area contributed by atoms with Crippen LogP contribution in [-0.4, -0.2) is 25.8 Å². The lowest BCUT2D eigenvalue weighted by Gasteiger charge is -2.07. The van der Waals surface area contributed by atoms with Crippen molar-refractivity contribution in [3.8, 4) is 22.8 Å². The van der Waals surface area contributed by atoms with Crippen molar-refractivity contribution in [1.29, 1.82) is 0 Å². The zero-order valence-corrected chi connectivity index (χ0v) is 15.6. The molecule has 3 heterocycles. The highest BCUT2D eigenvalue weighted by Gasteiger charge is 2.18. The third-order valence-corrected chi connectivity index (χ3v) is 5.00. The SMILES string of the molecule is NC(=O)CCn1c(SCc2cc(-c3ccccc3)no2)nnc1-c1ccco1. The molecule has 4 aromatic rings. The number of carbonyl (C=O) groups is 1. The number of rotatable bonds is 8. The molecule has 8 nitrogen and oxygen atoms in total. The Morgan fingerprint density at radius 1 is 1.14 bits per heavy atom. The van der Waals surface area contributed by atoms with E-state index in [1.807, 2.05) is 41.0 Å². The third kappa shape index (κ3) is 3.99. The van der Waals surface area contributed by atoms with E-state index in [-0.39, 0.29) is 6.42 Å². The van der Waals surface area contributed by atoms with Crippen LogP contribution in [0.2, 0.25) is 0 Å². The quantitative estimate of drug-likeness (QED) is 0.455. The van der Waals surface area contributed by atoms with Gasteiger partial charge >= 0.3 is 0 Å². The van der Waals surface area contributed by atoms with Gasteiger partial charge < -0.3 is 14.7 Å². The lowest BCUT2D eigenvalue weighted by atomic mass is 10.1. The van der Waals surface area contributed by atoms with Crippen LogP contribution in [-0.2, 0) is 17.1 Å². The van der Waals surface area contributed by atoms with Crippen LogP contribution in [0.15, 0.2) is 68.9 Å². The van der Waals surface area contributed by atoms with Gasteiger partial charge in [-0.15, -0.1) is 10.2 Å². The van der Waals surface area contributed by atoms with Gasteiger partial charge in [-0.05, 0) is 12.1 Å². The fraction of sp³-hybridized carbons (Fsp3) is 0.158. The zero-order valence-electron chi connectivity index (χ0n) is 14.8. The van der Waals surface area contributed by atoms with Crippen LogP contribution in [0, 0.1) is 0 Å². The Balaban J connectivity index is 1.52. The summed E-state index contributed by atoms with van der Waals surface area (Å²) < 4.78 is 12.7. The highest BCUT2D eigenvalue weighted by Crippen LogP contribution is 2.28. The molecule has 0 unspecified atom stereocenters. The summed E-state index contributed by atoms with van der Waals surface area (Å²) in [6, 6.07) is 15.3. The van der Waals surface area contributed by atoms with Crippen LogP contribution in [0.1, 0.15) is 12.2 Å². The van der Waals surface area contributed by atoms with Gasteiger partial charge in [0.2, 0.25) is 5.91 Å². The largest absolute Gasteiger partial charge is 0.461 e. The molecule has 1 amide bonds. The number of carbonyl (C=O) groups excluding carboxylic acids is 1. The average molecular weight is 395 g/mol. The molecule has 3 aromatic heterocycles. The predicted molar refractivity (Wildman–Crippen MR) is 103 cm³/mol. The molecule has 0 spiro atoms. The van der Waals surface area contributed by atoms with E-state index in [4.69, 9.17) is 14.7 Å². The van der Waals surface area contributed by atoms with Crippen LogP contribution in [0.5, 0.6) is 0 Å². The van der Waals surface area contributed by atoms with Gasteiger partial charge in [0.15, 0.2) is 16.7 Å². The Bertz CT molecular complexity index is 1060. The van der Waals surface area contributed by atoms with Gasteiger partial charge in [0.25, 0.3) is 0 Å². The molecule has 0 fully saturated rings. The standard InChI is InChI=1S/C19H17N5O3S/c20-17(25)8-9-24-18(16-7-4-10-26-16)21-22-19(24)28-12-14-11-15(23-27-14)13-5-2-1-3-6-13/h1-7,10-11H,8-9,12H2,(H2,20,25). The van der Waals surface area contributed by atoms with Gasteiger partial charge in [-0.1, -0.05) is 47.3 Å². The molecule has 0 saturated carbocycles. The highest BCUT2D eigenvalue weighted by molar-refractivity contribution is 7.98. The lowest BCUT2D eigenvalue weighted by molar-refractivity contribution is -0.118. The Morgan fingerprint density at radius 2 is 2.00 bits per heavy atom. The number of nitrogens with zero attached hydrogens (tertiary/aromatic N) is 4. The number of thioether (sulfide) groups is 1. The fourth-order valence-electron chi connectivity index (χ4n) is 2.67. The van der Waals surface area contributed by atoms with E-state index in [2.05, 4.69) is 15.4 Å². The van der Waals surface area contributed by atoms with Crippen molar-refractivity contribution >= 4 is 17.7 Å². The average Bonchev–Trinajstić information content (AvgIpc) is 3.45. The maximum absolute atomic E-state index is 11.2. The van der Waals surface area contributed by atoms with Crippen LogP contribution >= 0.6 is 11.8 Å². The van der Waals surface area contributed by atoms with Crippen molar-refractivity contribution in [2.45, 2.75) is 23.9 Å². The van der Waals surface area contributed by atoms with E-state index in [0.717, 1.165) is 11.3 Å². The van der Waals surface area contributed by atoms with E-state index in [9.17, 15) is 4.79 Å². The monoisotopic (exact) mass is 395 g/mol. The van der Waals surface area contributed by atoms with E-state index in [1.54, 1.807) is 18.4 Å². The molecule has 0 radical (unpaired) electrons. The number of hydrogen-bond donors (Lipinski definition) is 1. The van der Waals surface area contributed by atoms with E-state index >= 15 is 0 Å². The summed E-state index contributed by atoms with van der Waals surface area (Å²) in [6.07, 6.45) is 1.74. The van der Waals surface area contributed by atoms with Crippen LogP contribution < -0.4 is 5.73 Å². The molecule has 0 aliphatic rings. The normalized spacial score (nSPS) is 11.0. The summed E-state index contributed by atoms with van der Waals surface area (Å²) in [6.45, 7) is 0.367. The summed E-state index contributed by atoms with van der Waals surface area (Å²) in [7, 11) is 0. The number of nitrogens with two attached hydrogens (primary N) is 1. The Morgan fingerprint density at radius 3 is 2.75 bits per heavy atom. The molecule has 2 N–H and O–H groups in total. The van der Waals surface area contributed by atoms with Crippen LogP contribution in [0.4, 0.5) is 0 Å². The molecule has 28 heavy (non-hydrogen) atoms. The number of benzene rings is 1. The van der Waals surface area contributed by atoms with Crippen LogP contribution in [0.25, 0.3) is 22.8 Å². The number of furan rings is 1. The van der Waals surface area contributed by atoms with Gasteiger partial charge in [0, 0.05) is 24.6 Å². The van der Waals surface area contributed by atoms with E-state index in [0.29, 0.717) is 34.8 Å². The van der Waals surface area contributed by atoms with Crippen molar-refractivity contribution in [1.82, 2.24) is 19.9 Å². The fourth-order valence-corrected chi connectivity index (χ4v) is 3.51. The molecule has 0 aliphatic carbocycles. The topological polar surface area (TPSA) is 113 Å². The van der Waals surface area contributed by atoms with Gasteiger partial charge in [0.1, 0.15) is 11.5 Å². The molecule has 0 saturated heterocycles. The van der Waals surface area contributed by atoms with E-state index < -0.39 is 5.91 Å². The molecule has 142 valence electrons. The first-order valence-electron chi connectivity index (χ1n) is 8.60. The Labute approximate surface area is 164 Å². The molecule has 0 atom stereocenters. The maximum Gasteiger partial charge on any atom is 0.219 e. The van der Waals surface area contributed by atoms with Crippen LogP contribution in [0.3, 0.4) is 0 Å². The number of amides is 1. The van der Waals surface area contributed by atoms with Gasteiger partial charge in [0.05, 0.1) is 12.0 Å². The number of primary amides is 1. The second-order valence-electron chi connectivity index (χ2n) is 5.98. The van der Waals surface area contributed by atoms with Crippen molar-refractivity contribution in [3.63, 3.8) is 0 Å². The second-order valence-corrected chi connectivity index (χ2v) is 6.93. The van der Waals surface area contributed by atoms with Crippen molar-refractivity contribution in [2.24, 2.45) is 5.73 Å². The molecule has 0 aliphatic heterocycles. The summed E-state index contributed by atoms with van der Waals surface area (Å²) >= 11 is 1.44. The minimum absolute atomic E-state index is 0.180. The minimum atomic E-state index is -0.391. The Kier molecular flexibility index (Phi) is 5.24. The second kappa shape index (κ2) is 8.13. The zero-order chi connectivity index (χ0) is 19.3. The molecule has 9 heteroatoms. The predicted octanol–water partition coefficient (Wildman–Crippen LogP) is 3.36. The number of aromatic nitrogens is 4. The highest BCUT2D eigenvalue weighted by atomic mass is 32.2. The smallest absolute Gasteiger partial charge is 0.219 e. The molecule has 4 rings (SSSR count). The van der Waals surface area contributed by atoms with E-state index in [1.165, 1.54) is 11.8 Å². The van der Waals surface area contributed by atoms with Gasteiger partial charge in [-0.25, -0.2) is 0 Å². The molecular formula is C19H17N5O3S. The maximum atomic E-state index is 11.2.